The number of hydrogen-bond acceptors (Lipinski definition) is 4. The van der Waals surface area contributed by atoms with Gasteiger partial charge in [-0.25, -0.2) is 0 Å². The Balaban J connectivity index is 1.66. The lowest BCUT2D eigenvalue weighted by Crippen LogP contribution is -2.51. The smallest absolute Gasteiger partial charge is 0.296 e. The van der Waals surface area contributed by atoms with Gasteiger partial charge in [-0.3, -0.25) is 9.08 Å². The van der Waals surface area contributed by atoms with Gasteiger partial charge in [-0.1, -0.05) is 30.3 Å². The van der Waals surface area contributed by atoms with Crippen LogP contribution in [-0.4, -0.2) is 49.9 Å². The van der Waals surface area contributed by atoms with Crippen LogP contribution in [0.5, 0.6) is 0 Å². The fourth-order valence-corrected chi connectivity index (χ4v) is 3.81. The number of fused-ring (bicyclic) bond motifs is 1. The molecule has 1 unspecified atom stereocenters. The van der Waals surface area contributed by atoms with Gasteiger partial charge in [0.1, 0.15) is 0 Å². The Morgan fingerprint density at radius 2 is 2.00 bits per heavy atom. The third kappa shape index (κ3) is 2.29. The highest BCUT2D eigenvalue weighted by molar-refractivity contribution is 7.84. The molecular weight excluding hydrogens is 252 g/mol. The molecule has 0 amide bonds. The van der Waals surface area contributed by atoms with Gasteiger partial charge in [-0.05, 0) is 5.56 Å². The lowest BCUT2D eigenvalue weighted by atomic mass is 10.1. The molecule has 0 N–H and O–H groups in total. The molecule has 2 fully saturated rings. The van der Waals surface area contributed by atoms with E-state index in [1.807, 2.05) is 18.2 Å². The van der Waals surface area contributed by atoms with Crippen molar-refractivity contribution < 1.29 is 12.6 Å². The molecule has 98 valence electrons. The maximum absolute atomic E-state index is 11.5. The fraction of sp³-hybridized carbons (Fsp3) is 0.500. The van der Waals surface area contributed by atoms with Crippen LogP contribution in [-0.2, 0) is 21.0 Å². The van der Waals surface area contributed by atoms with Crippen molar-refractivity contribution in [2.75, 3.05) is 26.2 Å². The summed E-state index contributed by atoms with van der Waals surface area (Å²) in [5.41, 5.74) is 1.26. The van der Waals surface area contributed by atoms with Gasteiger partial charge in [0.25, 0.3) is 0 Å². The quantitative estimate of drug-likeness (QED) is 0.781. The molecule has 2 aliphatic rings. The number of nitrogens with zero attached hydrogens (tertiary/aromatic N) is 2. The van der Waals surface area contributed by atoms with E-state index in [1.165, 1.54) is 9.87 Å². The van der Waals surface area contributed by atoms with E-state index in [9.17, 15) is 8.42 Å². The van der Waals surface area contributed by atoms with E-state index in [0.717, 1.165) is 19.6 Å². The molecule has 2 saturated heterocycles. The molecule has 2 aliphatic heterocycles. The van der Waals surface area contributed by atoms with Crippen LogP contribution in [0.1, 0.15) is 5.56 Å². The number of rotatable bonds is 2. The van der Waals surface area contributed by atoms with Crippen LogP contribution in [0.2, 0.25) is 0 Å². The van der Waals surface area contributed by atoms with Crippen LogP contribution >= 0.6 is 0 Å². The third-order valence-corrected chi connectivity index (χ3v) is 4.95. The molecule has 1 atom stereocenters. The monoisotopic (exact) mass is 268 g/mol. The van der Waals surface area contributed by atoms with Crippen LogP contribution in [0, 0.1) is 0 Å². The SMILES string of the molecule is O=S1(=O)OCC2CN(Cc3ccccc3)CCN21. The Hall–Kier alpha value is -0.950. The van der Waals surface area contributed by atoms with Crippen molar-refractivity contribution in [2.24, 2.45) is 0 Å². The Bertz CT molecular complexity index is 517. The summed E-state index contributed by atoms with van der Waals surface area (Å²) >= 11 is 0. The minimum atomic E-state index is -3.44. The molecule has 5 nitrogen and oxygen atoms in total. The molecule has 1 aromatic rings. The average molecular weight is 268 g/mol. The molecule has 0 aromatic heterocycles. The fourth-order valence-electron chi connectivity index (χ4n) is 2.55. The van der Waals surface area contributed by atoms with Gasteiger partial charge in [0.05, 0.1) is 12.6 Å². The molecule has 6 heteroatoms. The molecule has 2 heterocycles. The maximum atomic E-state index is 11.5. The minimum absolute atomic E-state index is 0.0209. The van der Waals surface area contributed by atoms with Crippen molar-refractivity contribution in [3.8, 4) is 0 Å². The van der Waals surface area contributed by atoms with Gasteiger partial charge < -0.3 is 0 Å². The highest BCUT2D eigenvalue weighted by Gasteiger charge is 2.41. The topological polar surface area (TPSA) is 49.9 Å². The van der Waals surface area contributed by atoms with Gasteiger partial charge in [-0.2, -0.15) is 12.7 Å². The van der Waals surface area contributed by atoms with Crippen LogP contribution < -0.4 is 0 Å². The predicted molar refractivity (Wildman–Crippen MR) is 67.1 cm³/mol. The standard InChI is InChI=1S/C12H16N2O3S/c15-18(16)14-7-6-13(9-12(14)10-17-18)8-11-4-2-1-3-5-11/h1-5,12H,6-10H2. The number of benzene rings is 1. The highest BCUT2D eigenvalue weighted by atomic mass is 32.2. The molecule has 18 heavy (non-hydrogen) atoms. The van der Waals surface area contributed by atoms with Crippen LogP contribution in [0.4, 0.5) is 0 Å². The summed E-state index contributed by atoms with van der Waals surface area (Å²) < 4.78 is 29.4. The second-order valence-electron chi connectivity index (χ2n) is 4.73. The van der Waals surface area contributed by atoms with Crippen molar-refractivity contribution in [1.29, 1.82) is 0 Å². The zero-order valence-electron chi connectivity index (χ0n) is 10.0. The van der Waals surface area contributed by atoms with Crippen LogP contribution in [0.15, 0.2) is 30.3 Å². The van der Waals surface area contributed by atoms with Crippen molar-refractivity contribution in [1.82, 2.24) is 9.21 Å². The van der Waals surface area contributed by atoms with E-state index in [4.69, 9.17) is 4.18 Å². The first-order valence-corrected chi connectivity index (χ1v) is 7.44. The van der Waals surface area contributed by atoms with Gasteiger partial charge in [0.15, 0.2) is 0 Å². The van der Waals surface area contributed by atoms with Gasteiger partial charge in [-0.15, -0.1) is 0 Å². The number of hydrogen-bond donors (Lipinski definition) is 0. The zero-order valence-corrected chi connectivity index (χ0v) is 10.8. The van der Waals surface area contributed by atoms with Crippen molar-refractivity contribution in [3.05, 3.63) is 35.9 Å². The number of piperazine rings is 1. The molecule has 3 rings (SSSR count). The largest absolute Gasteiger partial charge is 0.338 e. The summed E-state index contributed by atoms with van der Waals surface area (Å²) in [6.45, 7) is 3.18. The molecule has 0 bridgehead atoms. The zero-order chi connectivity index (χ0) is 12.6. The van der Waals surface area contributed by atoms with E-state index in [-0.39, 0.29) is 12.6 Å². The van der Waals surface area contributed by atoms with Crippen LogP contribution in [0.25, 0.3) is 0 Å². The first-order valence-electron chi connectivity index (χ1n) is 6.08. The average Bonchev–Trinajstić information content (AvgIpc) is 2.66. The minimum Gasteiger partial charge on any atom is -0.296 e. The first kappa shape index (κ1) is 12.1. The predicted octanol–water partition coefficient (Wildman–Crippen LogP) is 0.448. The maximum Gasteiger partial charge on any atom is 0.338 e. The molecule has 0 aliphatic carbocycles. The third-order valence-electron chi connectivity index (χ3n) is 3.46. The Labute approximate surface area is 107 Å². The molecule has 0 radical (unpaired) electrons. The molecule has 0 spiro atoms. The lowest BCUT2D eigenvalue weighted by Gasteiger charge is -2.34. The van der Waals surface area contributed by atoms with E-state index in [0.29, 0.717) is 6.54 Å². The van der Waals surface area contributed by atoms with Crippen molar-refractivity contribution in [3.63, 3.8) is 0 Å². The van der Waals surface area contributed by atoms with E-state index >= 15 is 0 Å². The Morgan fingerprint density at radius 3 is 2.78 bits per heavy atom. The van der Waals surface area contributed by atoms with Crippen molar-refractivity contribution in [2.45, 2.75) is 12.6 Å². The molecule has 1 aromatic carbocycles. The van der Waals surface area contributed by atoms with Crippen molar-refractivity contribution >= 4 is 10.3 Å². The van der Waals surface area contributed by atoms with Gasteiger partial charge in [0, 0.05) is 26.2 Å². The first-order chi connectivity index (χ1) is 8.65. The highest BCUT2D eigenvalue weighted by Crippen LogP contribution is 2.23. The normalized spacial score (nSPS) is 28.1. The van der Waals surface area contributed by atoms with Gasteiger partial charge in [0.2, 0.25) is 0 Å². The van der Waals surface area contributed by atoms with Gasteiger partial charge >= 0.3 is 10.3 Å². The van der Waals surface area contributed by atoms with E-state index in [2.05, 4.69) is 17.0 Å². The van der Waals surface area contributed by atoms with E-state index in [1.54, 1.807) is 0 Å². The summed E-state index contributed by atoms with van der Waals surface area (Å²) in [5, 5.41) is 0. The lowest BCUT2D eigenvalue weighted by molar-refractivity contribution is 0.135. The molecule has 0 saturated carbocycles. The molecular formula is C12H16N2O3S. The summed E-state index contributed by atoms with van der Waals surface area (Å²) in [4.78, 5) is 2.28. The van der Waals surface area contributed by atoms with E-state index < -0.39 is 10.3 Å². The Morgan fingerprint density at radius 1 is 1.22 bits per heavy atom. The summed E-state index contributed by atoms with van der Waals surface area (Å²) in [6.07, 6.45) is 0. The van der Waals surface area contributed by atoms with Crippen LogP contribution in [0.3, 0.4) is 0 Å². The summed E-state index contributed by atoms with van der Waals surface area (Å²) in [7, 11) is -3.44. The summed E-state index contributed by atoms with van der Waals surface area (Å²) in [6, 6.07) is 10.2. The second kappa shape index (κ2) is 4.62. The Kier molecular flexibility index (Phi) is 3.11. The second-order valence-corrected chi connectivity index (χ2v) is 6.29. The summed E-state index contributed by atoms with van der Waals surface area (Å²) in [5.74, 6) is 0.